The van der Waals surface area contributed by atoms with Crippen LogP contribution in [0.15, 0.2) is 23.5 Å². The van der Waals surface area contributed by atoms with Gasteiger partial charge < -0.3 is 24.3 Å². The summed E-state index contributed by atoms with van der Waals surface area (Å²) in [5.41, 5.74) is 0.719. The van der Waals surface area contributed by atoms with Crippen molar-refractivity contribution < 1.29 is 23.7 Å². The normalized spacial score (nSPS) is 13.8. The average Bonchev–Trinajstić information content (AvgIpc) is 3.03. The molecule has 0 fully saturated rings. The van der Waals surface area contributed by atoms with Gasteiger partial charge in [-0.1, -0.05) is 6.92 Å². The Morgan fingerprint density at radius 3 is 2.48 bits per heavy atom. The summed E-state index contributed by atoms with van der Waals surface area (Å²) in [6, 6.07) is 0. The van der Waals surface area contributed by atoms with Gasteiger partial charge in [0.2, 0.25) is 5.91 Å². The molecule has 0 heterocycles. The molecule has 1 rings (SSSR count). The second kappa shape index (κ2) is 13.8. The molecule has 7 nitrogen and oxygen atoms in total. The summed E-state index contributed by atoms with van der Waals surface area (Å²) in [7, 11) is 0. The lowest BCUT2D eigenvalue weighted by atomic mass is 10.2. The van der Waals surface area contributed by atoms with Gasteiger partial charge in [0.15, 0.2) is 0 Å². The number of hydrogen-bond acceptors (Lipinski definition) is 6. The van der Waals surface area contributed by atoms with Crippen LogP contribution in [-0.4, -0.2) is 64.9 Å². The molecule has 0 spiro atoms. The van der Waals surface area contributed by atoms with Crippen LogP contribution in [0.5, 0.6) is 0 Å². The summed E-state index contributed by atoms with van der Waals surface area (Å²) < 4.78 is 21.6. The van der Waals surface area contributed by atoms with Gasteiger partial charge in [0.1, 0.15) is 5.76 Å². The highest BCUT2D eigenvalue weighted by Gasteiger charge is 2.15. The topological polar surface area (TPSA) is 78.0 Å². The SMILES string of the molecule is CCNCOCCOCCOCCNC(=O)C1=CC(OC(C)C)=CC1. The van der Waals surface area contributed by atoms with Crippen molar-refractivity contribution in [1.82, 2.24) is 10.6 Å². The van der Waals surface area contributed by atoms with Crippen molar-refractivity contribution >= 4 is 5.91 Å². The minimum Gasteiger partial charge on any atom is -0.491 e. The Morgan fingerprint density at radius 1 is 1.12 bits per heavy atom. The van der Waals surface area contributed by atoms with Crippen molar-refractivity contribution in [1.29, 1.82) is 0 Å². The van der Waals surface area contributed by atoms with Crippen LogP contribution in [0.4, 0.5) is 0 Å². The number of rotatable bonds is 15. The first-order valence-electron chi connectivity index (χ1n) is 8.93. The Hall–Kier alpha value is -1.41. The van der Waals surface area contributed by atoms with Crippen molar-refractivity contribution in [2.75, 3.05) is 52.9 Å². The molecule has 0 aromatic carbocycles. The van der Waals surface area contributed by atoms with Gasteiger partial charge in [-0.2, -0.15) is 0 Å². The summed E-state index contributed by atoms with van der Waals surface area (Å²) in [5.74, 6) is 0.694. The van der Waals surface area contributed by atoms with Crippen LogP contribution >= 0.6 is 0 Å². The largest absolute Gasteiger partial charge is 0.491 e. The van der Waals surface area contributed by atoms with Crippen LogP contribution in [-0.2, 0) is 23.7 Å². The quantitative estimate of drug-likeness (QED) is 0.341. The van der Waals surface area contributed by atoms with E-state index in [1.165, 1.54) is 0 Å². The number of carbonyl (C=O) groups excluding carboxylic acids is 1. The van der Waals surface area contributed by atoms with Crippen LogP contribution in [0.2, 0.25) is 0 Å². The molecule has 7 heteroatoms. The molecule has 1 aliphatic rings. The number of carbonyl (C=O) groups is 1. The van der Waals surface area contributed by atoms with Crippen molar-refractivity contribution in [3.63, 3.8) is 0 Å². The van der Waals surface area contributed by atoms with E-state index in [1.54, 1.807) is 6.08 Å². The van der Waals surface area contributed by atoms with Crippen molar-refractivity contribution in [2.24, 2.45) is 0 Å². The smallest absolute Gasteiger partial charge is 0.247 e. The van der Waals surface area contributed by atoms with Gasteiger partial charge in [-0.15, -0.1) is 0 Å². The Labute approximate surface area is 150 Å². The monoisotopic (exact) mass is 356 g/mol. The Balaban J connectivity index is 1.92. The molecule has 0 saturated carbocycles. The van der Waals surface area contributed by atoms with Crippen molar-refractivity contribution in [3.05, 3.63) is 23.5 Å². The molecule has 0 bridgehead atoms. The minimum absolute atomic E-state index is 0.0729. The first-order chi connectivity index (χ1) is 12.1. The molecule has 2 N–H and O–H groups in total. The predicted octanol–water partition coefficient (Wildman–Crippen LogP) is 1.36. The first-order valence-corrected chi connectivity index (χ1v) is 8.93. The maximum atomic E-state index is 12.0. The third-order valence-corrected chi connectivity index (χ3v) is 3.23. The lowest BCUT2D eigenvalue weighted by Gasteiger charge is -2.09. The Kier molecular flexibility index (Phi) is 12.0. The molecule has 0 aliphatic heterocycles. The summed E-state index contributed by atoms with van der Waals surface area (Å²) in [4.78, 5) is 12.0. The van der Waals surface area contributed by atoms with Gasteiger partial charge in [0, 0.05) is 12.1 Å². The highest BCUT2D eigenvalue weighted by molar-refractivity contribution is 5.94. The second-order valence-corrected chi connectivity index (χ2v) is 5.78. The van der Waals surface area contributed by atoms with Gasteiger partial charge >= 0.3 is 0 Å². The number of allylic oxidation sites excluding steroid dienone is 2. The first kappa shape index (κ1) is 21.6. The number of nitrogens with one attached hydrogen (secondary N) is 2. The van der Waals surface area contributed by atoms with Gasteiger partial charge in [0.05, 0.1) is 45.9 Å². The third kappa shape index (κ3) is 10.9. The number of ether oxygens (including phenoxy) is 4. The number of hydrogen-bond donors (Lipinski definition) is 2. The van der Waals surface area contributed by atoms with E-state index in [0.29, 0.717) is 52.7 Å². The van der Waals surface area contributed by atoms with Crippen LogP contribution < -0.4 is 10.6 Å². The predicted molar refractivity (Wildman–Crippen MR) is 96.1 cm³/mol. The molecule has 1 aliphatic carbocycles. The average molecular weight is 356 g/mol. The molecule has 144 valence electrons. The lowest BCUT2D eigenvalue weighted by Crippen LogP contribution is -2.28. The van der Waals surface area contributed by atoms with E-state index in [4.69, 9.17) is 18.9 Å². The van der Waals surface area contributed by atoms with Gasteiger partial charge in [-0.25, -0.2) is 0 Å². The van der Waals surface area contributed by atoms with Crippen LogP contribution in [0.25, 0.3) is 0 Å². The molecular weight excluding hydrogens is 324 g/mol. The molecule has 25 heavy (non-hydrogen) atoms. The van der Waals surface area contributed by atoms with E-state index in [1.807, 2.05) is 26.8 Å². The Bertz CT molecular complexity index is 435. The highest BCUT2D eigenvalue weighted by atomic mass is 16.5. The zero-order valence-corrected chi connectivity index (χ0v) is 15.6. The summed E-state index contributed by atoms with van der Waals surface area (Å²) in [6.07, 6.45) is 4.44. The Morgan fingerprint density at radius 2 is 1.80 bits per heavy atom. The fourth-order valence-corrected chi connectivity index (χ4v) is 2.05. The molecule has 0 radical (unpaired) electrons. The van der Waals surface area contributed by atoms with E-state index in [-0.39, 0.29) is 12.0 Å². The van der Waals surface area contributed by atoms with E-state index < -0.39 is 0 Å². The second-order valence-electron chi connectivity index (χ2n) is 5.78. The molecule has 0 saturated heterocycles. The molecular formula is C18H32N2O5. The molecule has 0 atom stereocenters. The number of amides is 1. The summed E-state index contributed by atoms with van der Waals surface area (Å²) in [5, 5.41) is 5.90. The molecule has 0 aromatic heterocycles. The van der Waals surface area contributed by atoms with Gasteiger partial charge in [0.25, 0.3) is 0 Å². The van der Waals surface area contributed by atoms with Crippen LogP contribution in [0.3, 0.4) is 0 Å². The molecule has 0 aromatic rings. The highest BCUT2D eigenvalue weighted by Crippen LogP contribution is 2.19. The fraction of sp³-hybridized carbons (Fsp3) is 0.722. The van der Waals surface area contributed by atoms with Crippen LogP contribution in [0, 0.1) is 0 Å². The zero-order chi connectivity index (χ0) is 18.3. The standard InChI is InChI=1S/C18H32N2O5/c1-4-19-14-24-12-11-23-10-9-22-8-7-20-18(21)16-5-6-17(13-16)25-15(2)3/h6,13,15,19H,4-5,7-12,14H2,1-3H3,(H,20,21). The fourth-order valence-electron chi connectivity index (χ4n) is 2.05. The third-order valence-electron chi connectivity index (χ3n) is 3.23. The van der Waals surface area contributed by atoms with Crippen LogP contribution in [0.1, 0.15) is 27.2 Å². The van der Waals surface area contributed by atoms with E-state index in [2.05, 4.69) is 10.6 Å². The van der Waals surface area contributed by atoms with E-state index in [0.717, 1.165) is 17.9 Å². The maximum absolute atomic E-state index is 12.0. The zero-order valence-electron chi connectivity index (χ0n) is 15.6. The summed E-state index contributed by atoms with van der Waals surface area (Å²) in [6.45, 7) is 10.5. The summed E-state index contributed by atoms with van der Waals surface area (Å²) >= 11 is 0. The maximum Gasteiger partial charge on any atom is 0.247 e. The molecule has 1 amide bonds. The van der Waals surface area contributed by atoms with E-state index in [9.17, 15) is 4.79 Å². The molecule has 0 unspecified atom stereocenters. The van der Waals surface area contributed by atoms with Crippen molar-refractivity contribution in [2.45, 2.75) is 33.3 Å². The van der Waals surface area contributed by atoms with Gasteiger partial charge in [-0.3, -0.25) is 10.1 Å². The van der Waals surface area contributed by atoms with Crippen molar-refractivity contribution in [3.8, 4) is 0 Å². The minimum atomic E-state index is -0.0729. The lowest BCUT2D eigenvalue weighted by molar-refractivity contribution is -0.117. The van der Waals surface area contributed by atoms with Gasteiger partial charge in [-0.05, 0) is 39.0 Å². The van der Waals surface area contributed by atoms with E-state index >= 15 is 0 Å².